The number of benzene rings is 1. The molecule has 3 heteroatoms. The van der Waals surface area contributed by atoms with Crippen molar-refractivity contribution in [2.24, 2.45) is 0 Å². The van der Waals surface area contributed by atoms with Gasteiger partial charge in [0.1, 0.15) is 0 Å². The van der Waals surface area contributed by atoms with Crippen LogP contribution in [0.25, 0.3) is 10.9 Å². The van der Waals surface area contributed by atoms with E-state index in [2.05, 4.69) is 22.4 Å². The van der Waals surface area contributed by atoms with Crippen LogP contribution in [0.2, 0.25) is 0 Å². The van der Waals surface area contributed by atoms with E-state index in [9.17, 15) is 5.11 Å². The van der Waals surface area contributed by atoms with E-state index in [4.69, 9.17) is 0 Å². The summed E-state index contributed by atoms with van der Waals surface area (Å²) < 4.78 is 0. The van der Waals surface area contributed by atoms with Gasteiger partial charge in [0.15, 0.2) is 0 Å². The molecule has 0 amide bonds. The van der Waals surface area contributed by atoms with Crippen molar-refractivity contribution in [3.05, 3.63) is 36.0 Å². The standard InChI is InChI=1S/C14H20N2O/c1-14(2,17)13(15-3)8-10-9-16-12-7-5-4-6-11(10)12/h4-7,9,13,15-17H,8H2,1-3H3/t13-/m0/s1. The van der Waals surface area contributed by atoms with E-state index in [1.807, 2.05) is 39.2 Å². The topological polar surface area (TPSA) is 48.0 Å². The van der Waals surface area contributed by atoms with Crippen molar-refractivity contribution in [2.75, 3.05) is 7.05 Å². The monoisotopic (exact) mass is 232 g/mol. The van der Waals surface area contributed by atoms with E-state index in [1.165, 1.54) is 10.9 Å². The van der Waals surface area contributed by atoms with Crippen molar-refractivity contribution in [3.8, 4) is 0 Å². The van der Waals surface area contributed by atoms with Gasteiger partial charge in [-0.25, -0.2) is 0 Å². The van der Waals surface area contributed by atoms with E-state index >= 15 is 0 Å². The Morgan fingerprint density at radius 2 is 2.06 bits per heavy atom. The van der Waals surface area contributed by atoms with E-state index < -0.39 is 5.60 Å². The molecule has 0 unspecified atom stereocenters. The molecule has 1 heterocycles. The molecule has 0 spiro atoms. The summed E-state index contributed by atoms with van der Waals surface area (Å²) in [5.41, 5.74) is 1.66. The molecule has 0 aliphatic rings. The van der Waals surface area contributed by atoms with Crippen LogP contribution in [0, 0.1) is 0 Å². The first-order valence-electron chi connectivity index (χ1n) is 5.97. The normalized spacial score (nSPS) is 14.1. The van der Waals surface area contributed by atoms with Gasteiger partial charge < -0.3 is 15.4 Å². The molecule has 0 aliphatic heterocycles. The van der Waals surface area contributed by atoms with Gasteiger partial charge in [0.25, 0.3) is 0 Å². The van der Waals surface area contributed by atoms with E-state index in [-0.39, 0.29) is 6.04 Å². The lowest BCUT2D eigenvalue weighted by molar-refractivity contribution is 0.0407. The largest absolute Gasteiger partial charge is 0.389 e. The number of nitrogens with one attached hydrogen (secondary N) is 2. The molecule has 0 saturated heterocycles. The third-order valence-electron chi connectivity index (χ3n) is 3.30. The number of fused-ring (bicyclic) bond motifs is 1. The Kier molecular flexibility index (Phi) is 3.22. The molecule has 0 radical (unpaired) electrons. The highest BCUT2D eigenvalue weighted by atomic mass is 16.3. The molecule has 0 saturated carbocycles. The SMILES string of the molecule is CN[C@@H](Cc1c[nH]c2ccccc12)C(C)(C)O. The van der Waals surface area contributed by atoms with Crippen LogP contribution in [-0.4, -0.2) is 28.8 Å². The Morgan fingerprint density at radius 1 is 1.35 bits per heavy atom. The van der Waals surface area contributed by atoms with Gasteiger partial charge in [0.05, 0.1) is 5.60 Å². The lowest BCUT2D eigenvalue weighted by Crippen LogP contribution is -2.46. The van der Waals surface area contributed by atoms with E-state index in [0.29, 0.717) is 0 Å². The Labute approximate surface area is 102 Å². The van der Waals surface area contributed by atoms with Gasteiger partial charge in [-0.1, -0.05) is 18.2 Å². The number of para-hydroxylation sites is 1. The van der Waals surface area contributed by atoms with Gasteiger partial charge in [0, 0.05) is 23.1 Å². The Morgan fingerprint density at radius 3 is 2.71 bits per heavy atom. The first-order valence-corrected chi connectivity index (χ1v) is 5.97. The number of rotatable bonds is 4. The number of hydrogen-bond acceptors (Lipinski definition) is 2. The number of H-pyrrole nitrogens is 1. The molecule has 0 bridgehead atoms. The maximum absolute atomic E-state index is 10.1. The molecule has 0 fully saturated rings. The molecule has 0 aliphatic carbocycles. The zero-order valence-corrected chi connectivity index (χ0v) is 10.6. The average Bonchev–Trinajstić information content (AvgIpc) is 2.67. The first-order chi connectivity index (χ1) is 8.02. The summed E-state index contributed by atoms with van der Waals surface area (Å²) in [6, 6.07) is 8.28. The summed E-state index contributed by atoms with van der Waals surface area (Å²) in [5.74, 6) is 0. The fourth-order valence-electron chi connectivity index (χ4n) is 2.23. The Hall–Kier alpha value is -1.32. The number of likely N-dealkylation sites (N-methyl/N-ethyl adjacent to an activating group) is 1. The van der Waals surface area contributed by atoms with Gasteiger partial charge in [0.2, 0.25) is 0 Å². The van der Waals surface area contributed by atoms with Crippen LogP contribution in [-0.2, 0) is 6.42 Å². The predicted octanol–water partition coefficient (Wildman–Crippen LogP) is 2.07. The van der Waals surface area contributed by atoms with Gasteiger partial charge in [-0.3, -0.25) is 0 Å². The highest BCUT2D eigenvalue weighted by molar-refractivity contribution is 5.83. The number of aromatic nitrogens is 1. The van der Waals surface area contributed by atoms with Gasteiger partial charge in [-0.2, -0.15) is 0 Å². The lowest BCUT2D eigenvalue weighted by atomic mass is 9.92. The average molecular weight is 232 g/mol. The van der Waals surface area contributed by atoms with E-state index in [1.54, 1.807) is 0 Å². The summed E-state index contributed by atoms with van der Waals surface area (Å²) in [4.78, 5) is 3.26. The van der Waals surface area contributed by atoms with Gasteiger partial charge in [-0.05, 0) is 38.9 Å². The van der Waals surface area contributed by atoms with E-state index in [0.717, 1.165) is 11.9 Å². The summed E-state index contributed by atoms with van der Waals surface area (Å²) in [6.07, 6.45) is 2.84. The molecule has 1 aromatic heterocycles. The maximum Gasteiger partial charge on any atom is 0.0747 e. The molecule has 3 N–H and O–H groups in total. The van der Waals surface area contributed by atoms with Crippen molar-refractivity contribution in [2.45, 2.75) is 31.9 Å². The minimum Gasteiger partial charge on any atom is -0.389 e. The molecule has 1 aromatic carbocycles. The second kappa shape index (κ2) is 4.51. The number of aromatic amines is 1. The van der Waals surface area contributed by atoms with Crippen LogP contribution in [0.15, 0.2) is 30.5 Å². The molecular formula is C14H20N2O. The minimum atomic E-state index is -0.729. The fourth-order valence-corrected chi connectivity index (χ4v) is 2.23. The molecule has 2 aromatic rings. The second-order valence-electron chi connectivity index (χ2n) is 5.06. The van der Waals surface area contributed by atoms with Gasteiger partial charge in [-0.15, -0.1) is 0 Å². The quantitative estimate of drug-likeness (QED) is 0.755. The summed E-state index contributed by atoms with van der Waals surface area (Å²) in [6.45, 7) is 3.67. The smallest absolute Gasteiger partial charge is 0.0747 e. The predicted molar refractivity (Wildman–Crippen MR) is 71.1 cm³/mol. The van der Waals surface area contributed by atoms with Crippen molar-refractivity contribution >= 4 is 10.9 Å². The van der Waals surface area contributed by atoms with Crippen molar-refractivity contribution < 1.29 is 5.11 Å². The second-order valence-corrected chi connectivity index (χ2v) is 5.06. The summed E-state index contributed by atoms with van der Waals surface area (Å²) in [7, 11) is 1.89. The van der Waals surface area contributed by atoms with Crippen molar-refractivity contribution in [3.63, 3.8) is 0 Å². The lowest BCUT2D eigenvalue weighted by Gasteiger charge is -2.28. The van der Waals surface area contributed by atoms with Crippen LogP contribution in [0.1, 0.15) is 19.4 Å². The fraction of sp³-hybridized carbons (Fsp3) is 0.429. The highest BCUT2D eigenvalue weighted by Gasteiger charge is 2.26. The molecule has 17 heavy (non-hydrogen) atoms. The van der Waals surface area contributed by atoms with Crippen LogP contribution >= 0.6 is 0 Å². The number of hydrogen-bond donors (Lipinski definition) is 3. The Balaban J connectivity index is 2.29. The van der Waals surface area contributed by atoms with Crippen molar-refractivity contribution in [1.82, 2.24) is 10.3 Å². The van der Waals surface area contributed by atoms with Crippen LogP contribution in [0.3, 0.4) is 0 Å². The summed E-state index contributed by atoms with van der Waals surface area (Å²) in [5, 5.41) is 14.5. The highest BCUT2D eigenvalue weighted by Crippen LogP contribution is 2.21. The van der Waals surface area contributed by atoms with Crippen LogP contribution in [0.4, 0.5) is 0 Å². The molecule has 1 atom stereocenters. The maximum atomic E-state index is 10.1. The minimum absolute atomic E-state index is 0.0432. The zero-order chi connectivity index (χ0) is 12.5. The first kappa shape index (κ1) is 12.1. The van der Waals surface area contributed by atoms with Crippen LogP contribution in [0.5, 0.6) is 0 Å². The van der Waals surface area contributed by atoms with Gasteiger partial charge >= 0.3 is 0 Å². The molecule has 92 valence electrons. The third kappa shape index (κ3) is 2.51. The summed E-state index contributed by atoms with van der Waals surface area (Å²) >= 11 is 0. The van der Waals surface area contributed by atoms with Crippen LogP contribution < -0.4 is 5.32 Å². The molecule has 3 nitrogen and oxygen atoms in total. The molecule has 2 rings (SSSR count). The van der Waals surface area contributed by atoms with Crippen molar-refractivity contribution in [1.29, 1.82) is 0 Å². The molecular weight excluding hydrogens is 212 g/mol. The third-order valence-corrected chi connectivity index (χ3v) is 3.30. The zero-order valence-electron chi connectivity index (χ0n) is 10.6. The Bertz CT molecular complexity index is 496. The number of aliphatic hydroxyl groups is 1.